The van der Waals surface area contributed by atoms with Crippen LogP contribution in [0, 0.1) is 0 Å². The minimum Gasteiger partial charge on any atom is -0.385 e. The van der Waals surface area contributed by atoms with Gasteiger partial charge in [-0.05, 0) is 38.3 Å². The van der Waals surface area contributed by atoms with Crippen molar-refractivity contribution in [1.82, 2.24) is 19.9 Å². The summed E-state index contributed by atoms with van der Waals surface area (Å²) in [5, 5.41) is 3.29. The van der Waals surface area contributed by atoms with Crippen molar-refractivity contribution in [2.45, 2.75) is 37.2 Å². The summed E-state index contributed by atoms with van der Waals surface area (Å²) < 4.78 is 37.9. The fraction of sp³-hybridized carbons (Fsp3) is 0.684. The van der Waals surface area contributed by atoms with Crippen molar-refractivity contribution >= 4 is 40.0 Å². The molecule has 0 atom stereocenters. The predicted octanol–water partition coefficient (Wildman–Crippen LogP) is 1.46. The highest BCUT2D eigenvalue weighted by Gasteiger charge is 2.22. The molecule has 1 fully saturated rings. The molecular formula is C19H34IN5O4S. The number of sulfonamides is 1. The molecule has 0 spiro atoms. The Hall–Kier alpha value is -1.02. The molecule has 1 aliphatic heterocycles. The first-order chi connectivity index (χ1) is 14.1. The van der Waals surface area contributed by atoms with E-state index in [4.69, 9.17) is 9.47 Å². The molecule has 0 saturated carbocycles. The maximum atomic E-state index is 12.2. The number of nitrogens with zero attached hydrogens (tertiary/aromatic N) is 3. The number of rotatable bonds is 11. The van der Waals surface area contributed by atoms with Crippen LogP contribution in [0.25, 0.3) is 0 Å². The number of halogens is 1. The summed E-state index contributed by atoms with van der Waals surface area (Å²) in [6, 6.07) is 3.12. The summed E-state index contributed by atoms with van der Waals surface area (Å²) >= 11 is 0. The van der Waals surface area contributed by atoms with Gasteiger partial charge in [-0.3, -0.25) is 9.98 Å². The van der Waals surface area contributed by atoms with Gasteiger partial charge in [-0.15, -0.1) is 24.0 Å². The van der Waals surface area contributed by atoms with Crippen LogP contribution in [0.3, 0.4) is 0 Å². The second-order valence-corrected chi connectivity index (χ2v) is 8.49. The normalized spacial score (nSPS) is 15.7. The molecule has 0 bridgehead atoms. The van der Waals surface area contributed by atoms with Gasteiger partial charge >= 0.3 is 0 Å². The van der Waals surface area contributed by atoms with E-state index in [0.717, 1.165) is 58.1 Å². The monoisotopic (exact) mass is 555 g/mol. The van der Waals surface area contributed by atoms with Crippen LogP contribution in [-0.2, 0) is 19.5 Å². The molecule has 1 aromatic rings. The molecule has 2 rings (SSSR count). The van der Waals surface area contributed by atoms with Crippen LogP contribution in [0.2, 0.25) is 0 Å². The lowest BCUT2D eigenvalue weighted by molar-refractivity contribution is 0.00991. The number of likely N-dealkylation sites (tertiary alicyclic amines) is 1. The average Bonchev–Trinajstić information content (AvgIpc) is 2.74. The van der Waals surface area contributed by atoms with Crippen LogP contribution in [0.15, 0.2) is 34.4 Å². The van der Waals surface area contributed by atoms with E-state index in [0.29, 0.717) is 6.54 Å². The summed E-state index contributed by atoms with van der Waals surface area (Å²) in [4.78, 5) is 10.8. The van der Waals surface area contributed by atoms with Crippen LogP contribution in [-0.4, -0.2) is 83.4 Å². The summed E-state index contributed by atoms with van der Waals surface area (Å²) in [6.07, 6.45) is 5.96. The maximum absolute atomic E-state index is 12.2. The zero-order valence-corrected chi connectivity index (χ0v) is 20.9. The fourth-order valence-electron chi connectivity index (χ4n) is 3.04. The number of nitrogens with one attached hydrogen (secondary N) is 2. The van der Waals surface area contributed by atoms with Gasteiger partial charge in [-0.1, -0.05) is 0 Å². The number of guanidine groups is 1. The second kappa shape index (κ2) is 14.9. The summed E-state index contributed by atoms with van der Waals surface area (Å²) in [7, 11) is -1.86. The summed E-state index contributed by atoms with van der Waals surface area (Å²) in [5.41, 5.74) is 0. The van der Waals surface area contributed by atoms with E-state index in [1.807, 2.05) is 6.92 Å². The van der Waals surface area contributed by atoms with Crippen molar-refractivity contribution in [3.8, 4) is 0 Å². The zero-order valence-electron chi connectivity index (χ0n) is 17.7. The third-order valence-corrected chi connectivity index (χ3v) is 5.98. The first-order valence-corrected chi connectivity index (χ1v) is 11.6. The van der Waals surface area contributed by atoms with Gasteiger partial charge in [0.2, 0.25) is 10.0 Å². The largest absolute Gasteiger partial charge is 0.385 e. The molecule has 0 aliphatic carbocycles. The number of ether oxygens (including phenoxy) is 2. The molecule has 1 saturated heterocycles. The van der Waals surface area contributed by atoms with Crippen molar-refractivity contribution in [3.05, 3.63) is 24.5 Å². The Kier molecular flexibility index (Phi) is 13.4. The molecule has 172 valence electrons. The average molecular weight is 555 g/mol. The Labute approximate surface area is 197 Å². The Bertz CT molecular complexity index is 713. The van der Waals surface area contributed by atoms with E-state index >= 15 is 0 Å². The lowest BCUT2D eigenvalue weighted by atomic mass is 10.1. The van der Waals surface area contributed by atoms with E-state index in [2.05, 4.69) is 24.9 Å². The Morgan fingerprint density at radius 3 is 2.73 bits per heavy atom. The molecule has 2 heterocycles. The van der Waals surface area contributed by atoms with Crippen LogP contribution < -0.4 is 10.0 Å². The van der Waals surface area contributed by atoms with Crippen LogP contribution in [0.5, 0.6) is 0 Å². The summed E-state index contributed by atoms with van der Waals surface area (Å²) in [5.74, 6) is 0.811. The lowest BCUT2D eigenvalue weighted by Gasteiger charge is -2.34. The minimum absolute atomic E-state index is 0. The van der Waals surface area contributed by atoms with E-state index in [-0.39, 0.29) is 41.5 Å². The van der Waals surface area contributed by atoms with Crippen molar-refractivity contribution in [3.63, 3.8) is 0 Å². The maximum Gasteiger partial charge on any atom is 0.242 e. The van der Waals surface area contributed by atoms with Gasteiger partial charge in [0.25, 0.3) is 0 Å². The Balaban J connectivity index is 0.00000450. The molecule has 0 unspecified atom stereocenters. The number of pyridine rings is 1. The van der Waals surface area contributed by atoms with Gasteiger partial charge in [-0.25, -0.2) is 13.1 Å². The molecule has 9 nitrogen and oxygen atoms in total. The number of hydrogen-bond acceptors (Lipinski definition) is 6. The molecule has 30 heavy (non-hydrogen) atoms. The van der Waals surface area contributed by atoms with E-state index in [1.165, 1.54) is 12.3 Å². The van der Waals surface area contributed by atoms with Gasteiger partial charge in [0.05, 0.1) is 12.6 Å². The number of hydrogen-bond donors (Lipinski definition) is 2. The lowest BCUT2D eigenvalue weighted by Crippen LogP contribution is -2.47. The van der Waals surface area contributed by atoms with Gasteiger partial charge in [-0.2, -0.15) is 0 Å². The van der Waals surface area contributed by atoms with Crippen molar-refractivity contribution in [1.29, 1.82) is 0 Å². The predicted molar refractivity (Wildman–Crippen MR) is 128 cm³/mol. The molecule has 1 aromatic heterocycles. The van der Waals surface area contributed by atoms with Gasteiger partial charge < -0.3 is 19.7 Å². The van der Waals surface area contributed by atoms with Crippen LogP contribution in [0.4, 0.5) is 0 Å². The Morgan fingerprint density at radius 1 is 1.33 bits per heavy atom. The Morgan fingerprint density at radius 2 is 2.10 bits per heavy atom. The highest BCUT2D eigenvalue weighted by molar-refractivity contribution is 14.0. The van der Waals surface area contributed by atoms with Gasteiger partial charge in [0.1, 0.15) is 4.90 Å². The first-order valence-electron chi connectivity index (χ1n) is 10.1. The highest BCUT2D eigenvalue weighted by atomic mass is 127. The third-order valence-electron chi connectivity index (χ3n) is 4.53. The number of piperidine rings is 1. The first kappa shape index (κ1) is 27.0. The highest BCUT2D eigenvalue weighted by Crippen LogP contribution is 2.14. The number of aromatic nitrogens is 1. The van der Waals surface area contributed by atoms with Gasteiger partial charge in [0, 0.05) is 58.9 Å². The minimum atomic E-state index is -3.56. The van der Waals surface area contributed by atoms with Crippen molar-refractivity contribution < 1.29 is 17.9 Å². The molecule has 2 N–H and O–H groups in total. The topological polar surface area (TPSA) is 105 Å². The summed E-state index contributed by atoms with van der Waals surface area (Å²) in [6.45, 7) is 6.54. The van der Waals surface area contributed by atoms with Crippen LogP contribution in [0.1, 0.15) is 26.2 Å². The van der Waals surface area contributed by atoms with E-state index < -0.39 is 10.0 Å². The number of methoxy groups -OCH3 is 1. The van der Waals surface area contributed by atoms with Gasteiger partial charge in [0.15, 0.2) is 5.96 Å². The van der Waals surface area contributed by atoms with Crippen LogP contribution >= 0.6 is 24.0 Å². The smallest absolute Gasteiger partial charge is 0.242 e. The van der Waals surface area contributed by atoms with Crippen molar-refractivity contribution in [2.24, 2.45) is 4.99 Å². The van der Waals surface area contributed by atoms with E-state index in [1.54, 1.807) is 19.4 Å². The molecule has 11 heteroatoms. The number of aliphatic imine (C=N–C) groups is 1. The SMILES string of the molecule is CCNC(=NCCNS(=O)(=O)c1cccnc1)N1CCC(OCCCOC)CC1.I. The third kappa shape index (κ3) is 9.41. The molecule has 0 amide bonds. The molecule has 0 radical (unpaired) electrons. The fourth-order valence-corrected chi connectivity index (χ4v) is 4.03. The second-order valence-electron chi connectivity index (χ2n) is 6.73. The quantitative estimate of drug-likeness (QED) is 0.184. The molecular weight excluding hydrogens is 521 g/mol. The standard InChI is InChI=1S/C19H33N5O4S.HI/c1-3-21-19(24-12-7-17(8-13-24)28-15-5-14-27-2)22-10-11-23-29(25,26)18-6-4-9-20-16-18;/h4,6,9,16-17,23H,3,5,7-8,10-15H2,1-2H3,(H,21,22);1H. The van der Waals surface area contributed by atoms with Crippen molar-refractivity contribution in [2.75, 3.05) is 53.0 Å². The molecule has 0 aromatic carbocycles. The van der Waals surface area contributed by atoms with E-state index in [9.17, 15) is 8.42 Å². The zero-order chi connectivity index (χ0) is 21.0. The molecule has 1 aliphatic rings.